The number of ether oxygens (including phenoxy) is 1. The maximum atomic E-state index is 13.3. The molecule has 10 heteroatoms. The third-order valence-electron chi connectivity index (χ3n) is 4.68. The van der Waals surface area contributed by atoms with Crippen LogP contribution in [-0.4, -0.2) is 44.8 Å². The Labute approximate surface area is 187 Å². The van der Waals surface area contributed by atoms with Gasteiger partial charge in [0.25, 0.3) is 11.5 Å². The number of anilines is 1. The number of thioether (sulfide) groups is 1. The summed E-state index contributed by atoms with van der Waals surface area (Å²) < 4.78 is 12.3. The fourth-order valence-electron chi connectivity index (χ4n) is 3.11. The van der Waals surface area contributed by atoms with Gasteiger partial charge in [-0.1, -0.05) is 30.0 Å². The lowest BCUT2D eigenvalue weighted by atomic mass is 10.2. The highest BCUT2D eigenvalue weighted by molar-refractivity contribution is 8.26. The summed E-state index contributed by atoms with van der Waals surface area (Å²) in [6, 6.07) is 7.28. The zero-order valence-corrected chi connectivity index (χ0v) is 18.6. The number of hydrogen-bond donors (Lipinski definition) is 1. The molecule has 0 saturated carbocycles. The average molecular weight is 457 g/mol. The van der Waals surface area contributed by atoms with E-state index in [1.807, 2.05) is 19.1 Å². The van der Waals surface area contributed by atoms with Gasteiger partial charge in [0.15, 0.2) is 0 Å². The van der Waals surface area contributed by atoms with E-state index in [9.17, 15) is 9.59 Å². The van der Waals surface area contributed by atoms with Crippen molar-refractivity contribution in [2.45, 2.75) is 13.5 Å². The normalized spacial score (nSPS) is 15.4. The van der Waals surface area contributed by atoms with Crippen LogP contribution in [0, 0.1) is 6.92 Å². The summed E-state index contributed by atoms with van der Waals surface area (Å²) in [5.41, 5.74) is 1.42. The van der Waals surface area contributed by atoms with Gasteiger partial charge in [0.1, 0.15) is 21.5 Å². The smallest absolute Gasteiger partial charge is 0.267 e. The Kier molecular flexibility index (Phi) is 6.21. The Bertz CT molecular complexity index is 1230. The first-order valence-corrected chi connectivity index (χ1v) is 10.7. The molecule has 1 aliphatic rings. The molecule has 0 spiro atoms. The van der Waals surface area contributed by atoms with Gasteiger partial charge in [0, 0.05) is 13.3 Å². The molecule has 0 aromatic carbocycles. The molecule has 1 saturated heterocycles. The van der Waals surface area contributed by atoms with E-state index in [0.29, 0.717) is 46.1 Å². The van der Waals surface area contributed by atoms with Gasteiger partial charge in [-0.3, -0.25) is 18.9 Å². The van der Waals surface area contributed by atoms with E-state index in [1.165, 1.54) is 9.30 Å². The highest BCUT2D eigenvalue weighted by Crippen LogP contribution is 2.32. The van der Waals surface area contributed by atoms with Gasteiger partial charge >= 0.3 is 0 Å². The molecular weight excluding hydrogens is 436 g/mol. The van der Waals surface area contributed by atoms with Gasteiger partial charge < -0.3 is 14.5 Å². The number of aryl methyl sites for hydroxylation is 1. The number of amides is 1. The standard InChI is InChI=1S/C21H20N4O4S2/c1-13-5-6-17-23-18(22-11-14-4-3-8-29-14)15(19(26)25(17)12-13)10-16-20(27)24(7-9-28-2)21(30)31-16/h3-6,8,10,12,22H,7,9,11H2,1-2H3/b16-10-. The van der Waals surface area contributed by atoms with Gasteiger partial charge in [-0.05, 0) is 36.8 Å². The lowest BCUT2D eigenvalue weighted by Gasteiger charge is -2.13. The van der Waals surface area contributed by atoms with Crippen LogP contribution in [0.2, 0.25) is 0 Å². The molecule has 0 aliphatic carbocycles. The number of aromatic nitrogens is 2. The number of hydrogen-bond acceptors (Lipinski definition) is 8. The van der Waals surface area contributed by atoms with Gasteiger partial charge in [-0.15, -0.1) is 0 Å². The number of furan rings is 1. The molecule has 0 bridgehead atoms. The Morgan fingerprint density at radius 3 is 2.90 bits per heavy atom. The molecule has 0 radical (unpaired) electrons. The van der Waals surface area contributed by atoms with Crippen LogP contribution < -0.4 is 10.9 Å². The molecule has 160 valence electrons. The molecule has 8 nitrogen and oxygen atoms in total. The highest BCUT2D eigenvalue weighted by Gasteiger charge is 2.32. The number of carbonyl (C=O) groups excluding carboxylic acids is 1. The zero-order valence-electron chi connectivity index (χ0n) is 17.0. The van der Waals surface area contributed by atoms with Crippen LogP contribution in [0.1, 0.15) is 16.9 Å². The predicted molar refractivity (Wildman–Crippen MR) is 124 cm³/mol. The fraction of sp³-hybridized carbons (Fsp3) is 0.238. The minimum absolute atomic E-state index is 0.252. The second-order valence-electron chi connectivity index (χ2n) is 6.87. The zero-order chi connectivity index (χ0) is 22.0. The van der Waals surface area contributed by atoms with Crippen molar-refractivity contribution < 1.29 is 13.9 Å². The molecule has 0 atom stereocenters. The van der Waals surface area contributed by atoms with E-state index in [4.69, 9.17) is 21.4 Å². The van der Waals surface area contributed by atoms with Crippen molar-refractivity contribution in [1.82, 2.24) is 14.3 Å². The summed E-state index contributed by atoms with van der Waals surface area (Å²) in [7, 11) is 1.56. The molecule has 0 unspecified atom stereocenters. The van der Waals surface area contributed by atoms with Crippen molar-refractivity contribution >= 4 is 51.7 Å². The van der Waals surface area contributed by atoms with Crippen molar-refractivity contribution in [3.05, 3.63) is 68.9 Å². The van der Waals surface area contributed by atoms with Crippen LogP contribution in [-0.2, 0) is 16.1 Å². The summed E-state index contributed by atoms with van der Waals surface area (Å²) in [6.45, 7) is 2.97. The van der Waals surface area contributed by atoms with Crippen LogP contribution in [0.5, 0.6) is 0 Å². The number of pyridine rings is 1. The third kappa shape index (κ3) is 4.41. The topological polar surface area (TPSA) is 89.1 Å². The van der Waals surface area contributed by atoms with Crippen LogP contribution in [0.3, 0.4) is 0 Å². The molecule has 4 heterocycles. The lowest BCUT2D eigenvalue weighted by Crippen LogP contribution is -2.31. The summed E-state index contributed by atoms with van der Waals surface area (Å²) in [5.74, 6) is 0.813. The maximum Gasteiger partial charge on any atom is 0.267 e. The minimum Gasteiger partial charge on any atom is -0.467 e. The number of thiocarbonyl (C=S) groups is 1. The minimum atomic E-state index is -0.280. The predicted octanol–water partition coefficient (Wildman–Crippen LogP) is 3.06. The molecule has 3 aromatic heterocycles. The second kappa shape index (κ2) is 9.04. The van der Waals surface area contributed by atoms with Crippen molar-refractivity contribution in [2.24, 2.45) is 0 Å². The summed E-state index contributed by atoms with van der Waals surface area (Å²) >= 11 is 6.49. The monoisotopic (exact) mass is 456 g/mol. The van der Waals surface area contributed by atoms with E-state index >= 15 is 0 Å². The first-order valence-electron chi connectivity index (χ1n) is 9.51. The van der Waals surface area contributed by atoms with Crippen molar-refractivity contribution in [2.75, 3.05) is 25.6 Å². The van der Waals surface area contributed by atoms with Crippen LogP contribution >= 0.6 is 24.0 Å². The molecule has 1 fully saturated rings. The molecule has 1 aliphatic heterocycles. The number of nitrogens with one attached hydrogen (secondary N) is 1. The summed E-state index contributed by atoms with van der Waals surface area (Å²) in [5, 5.41) is 3.16. The Hall–Kier alpha value is -2.95. The van der Waals surface area contributed by atoms with Crippen molar-refractivity contribution in [1.29, 1.82) is 0 Å². The first kappa shape index (κ1) is 21.3. The van der Waals surface area contributed by atoms with Gasteiger partial charge in [0.05, 0.1) is 36.4 Å². The maximum absolute atomic E-state index is 13.3. The highest BCUT2D eigenvalue weighted by atomic mass is 32.2. The summed E-state index contributed by atoms with van der Waals surface area (Å²) in [6.07, 6.45) is 4.86. The van der Waals surface area contributed by atoms with E-state index in [2.05, 4.69) is 10.3 Å². The van der Waals surface area contributed by atoms with Gasteiger partial charge in [-0.25, -0.2) is 4.98 Å². The lowest BCUT2D eigenvalue weighted by molar-refractivity contribution is -0.122. The second-order valence-corrected chi connectivity index (χ2v) is 8.55. The van der Waals surface area contributed by atoms with E-state index in [0.717, 1.165) is 17.3 Å². The van der Waals surface area contributed by atoms with E-state index < -0.39 is 0 Å². The van der Waals surface area contributed by atoms with E-state index in [-0.39, 0.29) is 17.0 Å². The largest absolute Gasteiger partial charge is 0.467 e. The fourth-order valence-corrected chi connectivity index (χ4v) is 4.40. The number of nitrogens with zero attached hydrogens (tertiary/aromatic N) is 3. The quantitative estimate of drug-likeness (QED) is 0.429. The van der Waals surface area contributed by atoms with Crippen molar-refractivity contribution in [3.8, 4) is 0 Å². The molecule has 31 heavy (non-hydrogen) atoms. The molecule has 4 rings (SSSR count). The third-order valence-corrected chi connectivity index (χ3v) is 6.06. The molecule has 1 N–H and O–H groups in total. The number of methoxy groups -OCH3 is 1. The number of fused-ring (bicyclic) bond motifs is 1. The number of carbonyl (C=O) groups is 1. The van der Waals surface area contributed by atoms with Crippen molar-refractivity contribution in [3.63, 3.8) is 0 Å². The summed E-state index contributed by atoms with van der Waals surface area (Å²) in [4.78, 5) is 32.6. The Morgan fingerprint density at radius 2 is 2.16 bits per heavy atom. The van der Waals surface area contributed by atoms with Crippen LogP contribution in [0.15, 0.2) is 50.8 Å². The molecule has 1 amide bonds. The van der Waals surface area contributed by atoms with Crippen LogP contribution in [0.4, 0.5) is 5.82 Å². The van der Waals surface area contributed by atoms with E-state index in [1.54, 1.807) is 37.8 Å². The van der Waals surface area contributed by atoms with Crippen LogP contribution in [0.25, 0.3) is 11.7 Å². The van der Waals surface area contributed by atoms with Gasteiger partial charge in [-0.2, -0.15) is 0 Å². The van der Waals surface area contributed by atoms with Gasteiger partial charge in [0.2, 0.25) is 0 Å². The Balaban J connectivity index is 1.77. The number of rotatable bonds is 7. The first-order chi connectivity index (χ1) is 15.0. The molecular formula is C21H20N4O4S2. The Morgan fingerprint density at radius 1 is 1.32 bits per heavy atom. The SMILES string of the molecule is COCCN1C(=O)/C(=C/c2c(NCc3ccco3)nc3ccc(C)cn3c2=O)SC1=S. The molecule has 3 aromatic rings. The average Bonchev–Trinajstić information content (AvgIpc) is 3.36.